The molecule has 0 aliphatic heterocycles. The van der Waals surface area contributed by atoms with Crippen molar-refractivity contribution in [3.05, 3.63) is 18.0 Å². The normalized spacial score (nSPS) is 12.8. The third-order valence-electron chi connectivity index (χ3n) is 2.11. The minimum absolute atomic E-state index is 0.167. The van der Waals surface area contributed by atoms with Crippen LogP contribution in [0.1, 0.15) is 19.6 Å². The molecule has 0 aromatic carbocycles. The molecule has 1 N–H and O–H groups in total. The third-order valence-corrected chi connectivity index (χ3v) is 2.11. The molecule has 0 amide bonds. The van der Waals surface area contributed by atoms with Crippen LogP contribution >= 0.6 is 0 Å². The first-order valence-electron chi connectivity index (χ1n) is 4.86. The number of rotatable bonds is 5. The van der Waals surface area contributed by atoms with Crippen LogP contribution in [0, 0.1) is 5.92 Å². The highest BCUT2D eigenvalue weighted by atomic mass is 16.5. The van der Waals surface area contributed by atoms with E-state index in [9.17, 15) is 4.79 Å². The van der Waals surface area contributed by atoms with E-state index in [2.05, 4.69) is 10.5 Å². The highest BCUT2D eigenvalue weighted by Gasteiger charge is 2.22. The lowest BCUT2D eigenvalue weighted by atomic mass is 10.0. The summed E-state index contributed by atoms with van der Waals surface area (Å²) < 4.78 is 9.61. The van der Waals surface area contributed by atoms with Gasteiger partial charge in [-0.15, -0.1) is 0 Å². The van der Waals surface area contributed by atoms with Gasteiger partial charge >= 0.3 is 5.97 Å². The molecule has 1 heterocycles. The molecule has 1 aromatic heterocycles. The summed E-state index contributed by atoms with van der Waals surface area (Å²) in [6.45, 7) is 4.38. The maximum atomic E-state index is 11.4. The maximum Gasteiger partial charge on any atom is 0.323 e. The summed E-state index contributed by atoms with van der Waals surface area (Å²) in [6, 6.07) is 1.43. The Morgan fingerprint density at radius 2 is 2.40 bits per heavy atom. The summed E-state index contributed by atoms with van der Waals surface area (Å²) in [7, 11) is 1.38. The highest BCUT2D eigenvalue weighted by molar-refractivity contribution is 5.75. The van der Waals surface area contributed by atoms with E-state index >= 15 is 0 Å². The molecule has 84 valence electrons. The Bertz CT molecular complexity index is 296. The fourth-order valence-electron chi connectivity index (χ4n) is 1.26. The number of aromatic nitrogens is 1. The zero-order valence-electron chi connectivity index (χ0n) is 9.19. The fourth-order valence-corrected chi connectivity index (χ4v) is 1.26. The summed E-state index contributed by atoms with van der Waals surface area (Å²) in [5, 5.41) is 6.64. The van der Waals surface area contributed by atoms with E-state index in [0.717, 1.165) is 0 Å². The van der Waals surface area contributed by atoms with Crippen LogP contribution in [0.5, 0.6) is 0 Å². The van der Waals surface area contributed by atoms with Gasteiger partial charge in [0, 0.05) is 6.07 Å². The molecule has 5 heteroatoms. The Hall–Kier alpha value is -1.36. The smallest absolute Gasteiger partial charge is 0.323 e. The SMILES string of the molecule is COC(=O)C(NCc1ccno1)C(C)C. The minimum Gasteiger partial charge on any atom is -0.468 e. The van der Waals surface area contributed by atoms with Crippen molar-refractivity contribution < 1.29 is 14.1 Å². The van der Waals surface area contributed by atoms with Gasteiger partial charge in [0.15, 0.2) is 0 Å². The second-order valence-corrected chi connectivity index (χ2v) is 3.60. The van der Waals surface area contributed by atoms with Crippen molar-refractivity contribution in [1.29, 1.82) is 0 Å². The molecule has 1 atom stereocenters. The fraction of sp³-hybridized carbons (Fsp3) is 0.600. The van der Waals surface area contributed by atoms with Gasteiger partial charge in [-0.05, 0) is 5.92 Å². The monoisotopic (exact) mass is 212 g/mol. The molecule has 1 unspecified atom stereocenters. The van der Waals surface area contributed by atoms with Crippen LogP contribution in [0.2, 0.25) is 0 Å². The summed E-state index contributed by atoms with van der Waals surface area (Å²) in [5.74, 6) is 0.606. The molecule has 15 heavy (non-hydrogen) atoms. The Balaban J connectivity index is 2.49. The van der Waals surface area contributed by atoms with Gasteiger partial charge in [-0.3, -0.25) is 10.1 Å². The first kappa shape index (κ1) is 11.7. The number of esters is 1. The van der Waals surface area contributed by atoms with Crippen molar-refractivity contribution >= 4 is 5.97 Å². The van der Waals surface area contributed by atoms with E-state index in [-0.39, 0.29) is 17.9 Å². The summed E-state index contributed by atoms with van der Waals surface area (Å²) in [4.78, 5) is 11.4. The van der Waals surface area contributed by atoms with Gasteiger partial charge in [-0.25, -0.2) is 0 Å². The van der Waals surface area contributed by atoms with Crippen molar-refractivity contribution in [2.75, 3.05) is 7.11 Å². The van der Waals surface area contributed by atoms with Crippen molar-refractivity contribution in [3.8, 4) is 0 Å². The van der Waals surface area contributed by atoms with E-state index in [1.54, 1.807) is 12.3 Å². The Morgan fingerprint density at radius 3 is 2.87 bits per heavy atom. The average molecular weight is 212 g/mol. The van der Waals surface area contributed by atoms with Gasteiger partial charge in [0.2, 0.25) is 0 Å². The number of carbonyl (C=O) groups is 1. The van der Waals surface area contributed by atoms with Gasteiger partial charge in [0.05, 0.1) is 19.9 Å². The van der Waals surface area contributed by atoms with Crippen LogP contribution in [0.3, 0.4) is 0 Å². The van der Waals surface area contributed by atoms with Crippen molar-refractivity contribution in [2.45, 2.75) is 26.4 Å². The number of ether oxygens (including phenoxy) is 1. The van der Waals surface area contributed by atoms with E-state index in [4.69, 9.17) is 9.26 Å². The largest absolute Gasteiger partial charge is 0.468 e. The molecule has 0 saturated heterocycles. The Morgan fingerprint density at radius 1 is 1.67 bits per heavy atom. The second-order valence-electron chi connectivity index (χ2n) is 3.60. The van der Waals surface area contributed by atoms with Crippen molar-refractivity contribution in [1.82, 2.24) is 10.5 Å². The first-order valence-corrected chi connectivity index (χ1v) is 4.86. The zero-order valence-corrected chi connectivity index (χ0v) is 9.19. The average Bonchev–Trinajstić information content (AvgIpc) is 2.70. The third kappa shape index (κ3) is 3.36. The van der Waals surface area contributed by atoms with E-state index < -0.39 is 0 Å². The Labute approximate surface area is 88.8 Å². The molecule has 1 rings (SSSR count). The molecule has 0 aliphatic rings. The van der Waals surface area contributed by atoms with Gasteiger partial charge in [-0.1, -0.05) is 19.0 Å². The summed E-state index contributed by atoms with van der Waals surface area (Å²) in [5.41, 5.74) is 0. The molecule has 0 spiro atoms. The van der Waals surface area contributed by atoms with E-state index in [0.29, 0.717) is 12.3 Å². The molecule has 1 aromatic rings. The zero-order chi connectivity index (χ0) is 11.3. The van der Waals surface area contributed by atoms with E-state index in [1.165, 1.54) is 7.11 Å². The summed E-state index contributed by atoms with van der Waals surface area (Å²) in [6.07, 6.45) is 1.57. The Kier molecular flexibility index (Phi) is 4.30. The molecule has 0 saturated carbocycles. The molecular formula is C10H16N2O3. The predicted octanol–water partition coefficient (Wildman–Crippen LogP) is 0.962. The van der Waals surface area contributed by atoms with Crippen LogP contribution in [-0.4, -0.2) is 24.3 Å². The lowest BCUT2D eigenvalue weighted by Gasteiger charge is -2.18. The number of nitrogens with zero attached hydrogens (tertiary/aromatic N) is 1. The molecule has 5 nitrogen and oxygen atoms in total. The summed E-state index contributed by atoms with van der Waals surface area (Å²) >= 11 is 0. The quantitative estimate of drug-likeness (QED) is 0.736. The van der Waals surface area contributed by atoms with Crippen LogP contribution in [0.4, 0.5) is 0 Å². The molecule has 0 bridgehead atoms. The maximum absolute atomic E-state index is 11.4. The standard InChI is InChI=1S/C10H16N2O3/c1-7(2)9(10(13)14-3)11-6-8-4-5-12-15-8/h4-5,7,9,11H,6H2,1-3H3. The number of hydrogen-bond acceptors (Lipinski definition) is 5. The van der Waals surface area contributed by atoms with Crippen LogP contribution in [0.25, 0.3) is 0 Å². The number of hydrogen-bond donors (Lipinski definition) is 1. The number of nitrogens with one attached hydrogen (secondary N) is 1. The molecule has 0 aliphatic carbocycles. The van der Waals surface area contributed by atoms with Gasteiger partial charge in [-0.2, -0.15) is 0 Å². The minimum atomic E-state index is -0.319. The molecular weight excluding hydrogens is 196 g/mol. The lowest BCUT2D eigenvalue weighted by Crippen LogP contribution is -2.41. The number of carbonyl (C=O) groups excluding carboxylic acids is 1. The van der Waals surface area contributed by atoms with Crippen LogP contribution < -0.4 is 5.32 Å². The van der Waals surface area contributed by atoms with Gasteiger partial charge in [0.25, 0.3) is 0 Å². The topological polar surface area (TPSA) is 64.4 Å². The van der Waals surface area contributed by atoms with Gasteiger partial charge < -0.3 is 9.26 Å². The van der Waals surface area contributed by atoms with Crippen molar-refractivity contribution in [3.63, 3.8) is 0 Å². The van der Waals surface area contributed by atoms with Crippen molar-refractivity contribution in [2.24, 2.45) is 5.92 Å². The van der Waals surface area contributed by atoms with Gasteiger partial charge in [0.1, 0.15) is 11.8 Å². The van der Waals surface area contributed by atoms with E-state index in [1.807, 2.05) is 13.8 Å². The first-order chi connectivity index (χ1) is 7.15. The van der Waals surface area contributed by atoms with Crippen LogP contribution in [0.15, 0.2) is 16.8 Å². The predicted molar refractivity (Wildman–Crippen MR) is 54.0 cm³/mol. The lowest BCUT2D eigenvalue weighted by molar-refractivity contribution is -0.144. The highest BCUT2D eigenvalue weighted by Crippen LogP contribution is 2.05. The van der Waals surface area contributed by atoms with Crippen LogP contribution in [-0.2, 0) is 16.1 Å². The number of methoxy groups -OCH3 is 1. The molecule has 0 fully saturated rings. The molecule has 0 radical (unpaired) electrons. The second kappa shape index (κ2) is 5.50.